The van der Waals surface area contributed by atoms with Crippen LogP contribution in [0.25, 0.3) is 11.4 Å². The number of piperazine rings is 1. The molecule has 7 nitrogen and oxygen atoms in total. The number of aromatic nitrogens is 2. The number of amides is 1. The Balaban J connectivity index is 2.03. The largest absolute Gasteiger partial charge is 0.353 e. The summed E-state index contributed by atoms with van der Waals surface area (Å²) in [5.41, 5.74) is 2.81. The molecule has 0 radical (unpaired) electrons. The highest BCUT2D eigenvalue weighted by molar-refractivity contribution is 5.98. The van der Waals surface area contributed by atoms with Crippen LogP contribution in [0.1, 0.15) is 10.4 Å². The molecule has 0 aliphatic carbocycles. The summed E-state index contributed by atoms with van der Waals surface area (Å²) in [4.78, 5) is 22.7. The Kier molecular flexibility index (Phi) is 4.27. The average Bonchev–Trinajstić information content (AvgIpc) is 2.62. The highest BCUT2D eigenvalue weighted by Gasteiger charge is 2.21. The predicted octanol–water partition coefficient (Wildman–Crippen LogP) is 0.672. The maximum absolute atomic E-state index is 11.8. The van der Waals surface area contributed by atoms with Gasteiger partial charge in [0.2, 0.25) is 0 Å². The van der Waals surface area contributed by atoms with Crippen molar-refractivity contribution < 1.29 is 10.0 Å². The molecule has 1 aromatic heterocycles. The van der Waals surface area contributed by atoms with E-state index in [2.05, 4.69) is 15.3 Å². The van der Waals surface area contributed by atoms with Crippen molar-refractivity contribution in [2.45, 2.75) is 0 Å². The Labute approximate surface area is 128 Å². The van der Waals surface area contributed by atoms with E-state index >= 15 is 0 Å². The maximum Gasteiger partial charge on any atom is 0.279 e. The van der Waals surface area contributed by atoms with Crippen molar-refractivity contribution in [2.75, 3.05) is 31.1 Å². The van der Waals surface area contributed by atoms with Crippen LogP contribution in [-0.2, 0) is 0 Å². The number of benzene rings is 1. The third-order valence-corrected chi connectivity index (χ3v) is 3.56. The Morgan fingerprint density at radius 1 is 1.23 bits per heavy atom. The van der Waals surface area contributed by atoms with E-state index < -0.39 is 5.91 Å². The molecule has 3 N–H and O–H groups in total. The van der Waals surface area contributed by atoms with Crippen molar-refractivity contribution in [2.24, 2.45) is 0 Å². The summed E-state index contributed by atoms with van der Waals surface area (Å²) in [6.45, 7) is 3.14. The molecule has 0 unspecified atom stereocenters. The molecule has 1 amide bonds. The fourth-order valence-corrected chi connectivity index (χ4v) is 2.44. The zero-order valence-electron chi connectivity index (χ0n) is 12.0. The van der Waals surface area contributed by atoms with Crippen molar-refractivity contribution in [3.63, 3.8) is 0 Å². The first-order chi connectivity index (χ1) is 10.8. The van der Waals surface area contributed by atoms with Crippen molar-refractivity contribution >= 4 is 11.7 Å². The van der Waals surface area contributed by atoms with E-state index in [0.29, 0.717) is 11.6 Å². The highest BCUT2D eigenvalue weighted by atomic mass is 16.5. The zero-order chi connectivity index (χ0) is 15.4. The third-order valence-electron chi connectivity index (χ3n) is 3.56. The van der Waals surface area contributed by atoms with Crippen LogP contribution in [-0.4, -0.2) is 47.3 Å². The average molecular weight is 299 g/mol. The molecule has 0 bridgehead atoms. The van der Waals surface area contributed by atoms with Gasteiger partial charge in [-0.15, -0.1) is 0 Å². The number of hydrogen-bond donors (Lipinski definition) is 3. The van der Waals surface area contributed by atoms with Crippen LogP contribution in [0.2, 0.25) is 0 Å². The lowest BCUT2D eigenvalue weighted by Gasteiger charge is -2.29. The number of nitrogens with one attached hydrogen (secondary N) is 2. The van der Waals surface area contributed by atoms with E-state index in [1.807, 2.05) is 35.2 Å². The van der Waals surface area contributed by atoms with E-state index in [-0.39, 0.29) is 5.56 Å². The lowest BCUT2D eigenvalue weighted by molar-refractivity contribution is 0.0706. The summed E-state index contributed by atoms with van der Waals surface area (Å²) in [6.07, 6.45) is 1.46. The smallest absolute Gasteiger partial charge is 0.279 e. The molecular weight excluding hydrogens is 282 g/mol. The van der Waals surface area contributed by atoms with Gasteiger partial charge in [-0.3, -0.25) is 10.0 Å². The van der Waals surface area contributed by atoms with Crippen molar-refractivity contribution in [3.8, 4) is 11.4 Å². The standard InChI is InChI=1S/C15H17N5O2/c21-15(19-22)12-10-17-13(11-4-2-1-3-5-11)18-14(12)20-8-6-16-7-9-20/h1-5,10,16,22H,6-9H2,(H,19,21). The van der Waals surface area contributed by atoms with Gasteiger partial charge in [-0.2, -0.15) is 0 Å². The number of nitrogens with zero attached hydrogens (tertiary/aromatic N) is 3. The summed E-state index contributed by atoms with van der Waals surface area (Å²) in [5, 5.41) is 12.2. The van der Waals surface area contributed by atoms with Crippen molar-refractivity contribution in [1.82, 2.24) is 20.8 Å². The molecule has 1 aromatic carbocycles. The second-order valence-electron chi connectivity index (χ2n) is 4.97. The Morgan fingerprint density at radius 3 is 2.64 bits per heavy atom. The van der Waals surface area contributed by atoms with E-state index in [4.69, 9.17) is 5.21 Å². The fraction of sp³-hybridized carbons (Fsp3) is 0.267. The van der Waals surface area contributed by atoms with Crippen LogP contribution in [0.3, 0.4) is 0 Å². The van der Waals surface area contributed by atoms with Gasteiger partial charge in [0.05, 0.1) is 0 Å². The summed E-state index contributed by atoms with van der Waals surface area (Å²) in [5.74, 6) is 0.499. The van der Waals surface area contributed by atoms with E-state index in [9.17, 15) is 4.79 Å². The number of carbonyl (C=O) groups excluding carboxylic acids is 1. The van der Waals surface area contributed by atoms with Crippen molar-refractivity contribution in [3.05, 3.63) is 42.1 Å². The highest BCUT2D eigenvalue weighted by Crippen LogP contribution is 2.22. The second kappa shape index (κ2) is 6.50. The third kappa shape index (κ3) is 2.90. The molecule has 0 atom stereocenters. The Bertz CT molecular complexity index is 656. The minimum Gasteiger partial charge on any atom is -0.353 e. The lowest BCUT2D eigenvalue weighted by Crippen LogP contribution is -2.44. The van der Waals surface area contributed by atoms with Gasteiger partial charge in [-0.25, -0.2) is 15.4 Å². The first kappa shape index (κ1) is 14.4. The van der Waals surface area contributed by atoms with Crippen LogP contribution >= 0.6 is 0 Å². The van der Waals surface area contributed by atoms with Gasteiger partial charge < -0.3 is 10.2 Å². The van der Waals surface area contributed by atoms with Crippen LogP contribution < -0.4 is 15.7 Å². The second-order valence-corrected chi connectivity index (χ2v) is 4.97. The van der Waals surface area contributed by atoms with Crippen LogP contribution in [0.15, 0.2) is 36.5 Å². The van der Waals surface area contributed by atoms with Gasteiger partial charge in [0.15, 0.2) is 5.82 Å². The molecule has 2 heterocycles. The molecule has 1 aliphatic rings. The SMILES string of the molecule is O=C(NO)c1cnc(-c2ccccc2)nc1N1CCNCC1. The van der Waals surface area contributed by atoms with E-state index in [1.165, 1.54) is 6.20 Å². The number of carbonyl (C=O) groups is 1. The van der Waals surface area contributed by atoms with Gasteiger partial charge >= 0.3 is 0 Å². The molecule has 0 spiro atoms. The Morgan fingerprint density at radius 2 is 1.95 bits per heavy atom. The first-order valence-corrected chi connectivity index (χ1v) is 7.12. The molecule has 1 saturated heterocycles. The molecule has 114 valence electrons. The summed E-state index contributed by atoms with van der Waals surface area (Å²) < 4.78 is 0. The van der Waals surface area contributed by atoms with Crippen LogP contribution in [0, 0.1) is 0 Å². The number of anilines is 1. The molecule has 0 saturated carbocycles. The van der Waals surface area contributed by atoms with E-state index in [1.54, 1.807) is 5.48 Å². The first-order valence-electron chi connectivity index (χ1n) is 7.12. The zero-order valence-corrected chi connectivity index (χ0v) is 12.0. The topological polar surface area (TPSA) is 90.4 Å². The fourth-order valence-electron chi connectivity index (χ4n) is 2.44. The van der Waals surface area contributed by atoms with Crippen LogP contribution in [0.5, 0.6) is 0 Å². The summed E-state index contributed by atoms with van der Waals surface area (Å²) in [7, 11) is 0. The molecule has 1 fully saturated rings. The van der Waals surface area contributed by atoms with Gasteiger partial charge in [0.25, 0.3) is 5.91 Å². The van der Waals surface area contributed by atoms with Gasteiger partial charge in [0, 0.05) is 37.9 Å². The van der Waals surface area contributed by atoms with Crippen LogP contribution in [0.4, 0.5) is 5.82 Å². The summed E-state index contributed by atoms with van der Waals surface area (Å²) >= 11 is 0. The Hall–Kier alpha value is -2.51. The van der Waals surface area contributed by atoms with Gasteiger partial charge in [-0.05, 0) is 0 Å². The summed E-state index contributed by atoms with van der Waals surface area (Å²) in [6, 6.07) is 9.59. The number of rotatable bonds is 3. The lowest BCUT2D eigenvalue weighted by atomic mass is 10.2. The minimum absolute atomic E-state index is 0.268. The van der Waals surface area contributed by atoms with Gasteiger partial charge in [0.1, 0.15) is 11.4 Å². The molecule has 1 aliphatic heterocycles. The molecule has 22 heavy (non-hydrogen) atoms. The molecule has 2 aromatic rings. The van der Waals surface area contributed by atoms with E-state index in [0.717, 1.165) is 31.7 Å². The van der Waals surface area contributed by atoms with Gasteiger partial charge in [-0.1, -0.05) is 30.3 Å². The number of hydroxylamine groups is 1. The molecule has 7 heteroatoms. The molecule has 3 rings (SSSR count). The van der Waals surface area contributed by atoms with Crippen molar-refractivity contribution in [1.29, 1.82) is 0 Å². The predicted molar refractivity (Wildman–Crippen MR) is 81.8 cm³/mol. The number of hydrogen-bond acceptors (Lipinski definition) is 6. The maximum atomic E-state index is 11.8. The monoisotopic (exact) mass is 299 g/mol. The minimum atomic E-state index is -0.604. The quantitative estimate of drug-likeness (QED) is 0.570. The normalized spacial score (nSPS) is 14.7. The molecular formula is C15H17N5O2.